The van der Waals surface area contributed by atoms with E-state index in [4.69, 9.17) is 4.42 Å². The molecule has 1 saturated carbocycles. The molecule has 170 valence electrons. The number of thioether (sulfide) groups is 1. The quantitative estimate of drug-likeness (QED) is 0.376. The number of benzene rings is 2. The van der Waals surface area contributed by atoms with Crippen molar-refractivity contribution in [1.82, 2.24) is 4.98 Å². The number of carbonyl (C=O) groups excluding carboxylic acids is 1. The van der Waals surface area contributed by atoms with Crippen LogP contribution in [0.15, 0.2) is 52.1 Å². The zero-order chi connectivity index (χ0) is 22.7. The van der Waals surface area contributed by atoms with E-state index in [1.165, 1.54) is 11.1 Å². The minimum absolute atomic E-state index is 0.0980. The molecular weight excluding hydrogens is 416 g/mol. The second kappa shape index (κ2) is 10.1. The molecule has 0 unspecified atom stereocenters. The van der Waals surface area contributed by atoms with E-state index in [9.17, 15) is 4.79 Å². The van der Waals surface area contributed by atoms with Gasteiger partial charge < -0.3 is 9.73 Å². The molecule has 4 nitrogen and oxygen atoms in total. The molecule has 5 heteroatoms. The fourth-order valence-electron chi connectivity index (χ4n) is 4.61. The number of nitrogens with one attached hydrogen (secondary N) is 1. The van der Waals surface area contributed by atoms with Gasteiger partial charge in [-0.05, 0) is 66.7 Å². The molecule has 0 bridgehead atoms. The lowest BCUT2D eigenvalue weighted by Crippen LogP contribution is -2.28. The summed E-state index contributed by atoms with van der Waals surface area (Å²) < 4.78 is 5.83. The molecule has 1 aliphatic rings. The van der Waals surface area contributed by atoms with Crippen molar-refractivity contribution in [2.75, 3.05) is 11.1 Å². The van der Waals surface area contributed by atoms with Gasteiger partial charge in [-0.25, -0.2) is 4.98 Å². The Bertz CT molecular complexity index is 1010. The highest BCUT2D eigenvalue weighted by molar-refractivity contribution is 7.99. The summed E-state index contributed by atoms with van der Waals surface area (Å²) in [6.07, 6.45) is 4.05. The van der Waals surface area contributed by atoms with Gasteiger partial charge in [-0.2, -0.15) is 0 Å². The number of nitrogens with zero attached hydrogens (tertiary/aromatic N) is 1. The van der Waals surface area contributed by atoms with Gasteiger partial charge >= 0.3 is 0 Å². The molecule has 32 heavy (non-hydrogen) atoms. The zero-order valence-electron chi connectivity index (χ0n) is 19.6. The Morgan fingerprint density at radius 2 is 1.66 bits per heavy atom. The molecule has 1 heterocycles. The van der Waals surface area contributed by atoms with Crippen molar-refractivity contribution in [3.05, 3.63) is 53.6 Å². The molecule has 0 spiro atoms. The number of oxazole rings is 1. The van der Waals surface area contributed by atoms with Gasteiger partial charge in [0, 0.05) is 17.4 Å². The predicted molar refractivity (Wildman–Crippen MR) is 133 cm³/mol. The summed E-state index contributed by atoms with van der Waals surface area (Å²) in [6.45, 7) is 8.76. The van der Waals surface area contributed by atoms with E-state index in [0.29, 0.717) is 17.8 Å². The Balaban J connectivity index is 1.33. The highest BCUT2D eigenvalue weighted by Gasteiger charge is 2.28. The van der Waals surface area contributed by atoms with E-state index in [1.807, 2.05) is 24.3 Å². The van der Waals surface area contributed by atoms with Gasteiger partial charge in [0.15, 0.2) is 5.58 Å². The Labute approximate surface area is 195 Å². The van der Waals surface area contributed by atoms with Gasteiger partial charge in [0.2, 0.25) is 5.91 Å². The lowest BCUT2D eigenvalue weighted by Gasteiger charge is -2.28. The van der Waals surface area contributed by atoms with Crippen molar-refractivity contribution in [1.29, 1.82) is 0 Å². The van der Waals surface area contributed by atoms with E-state index in [-0.39, 0.29) is 11.8 Å². The maximum absolute atomic E-state index is 13.2. The van der Waals surface area contributed by atoms with E-state index in [1.54, 1.807) is 11.8 Å². The molecule has 1 N–H and O–H groups in total. The molecule has 0 radical (unpaired) electrons. The van der Waals surface area contributed by atoms with Crippen LogP contribution in [0.2, 0.25) is 0 Å². The average Bonchev–Trinajstić information content (AvgIpc) is 3.21. The summed E-state index contributed by atoms with van der Waals surface area (Å²) in [7, 11) is 0. The van der Waals surface area contributed by atoms with Crippen LogP contribution in [-0.4, -0.2) is 16.6 Å². The van der Waals surface area contributed by atoms with Gasteiger partial charge in [0.1, 0.15) is 5.52 Å². The van der Waals surface area contributed by atoms with Crippen molar-refractivity contribution < 1.29 is 9.21 Å². The smallest absolute Gasteiger partial charge is 0.256 e. The summed E-state index contributed by atoms with van der Waals surface area (Å²) in [5.74, 6) is 2.64. The highest BCUT2D eigenvalue weighted by Crippen LogP contribution is 2.36. The minimum Gasteiger partial charge on any atom is -0.431 e. The van der Waals surface area contributed by atoms with Gasteiger partial charge in [0.25, 0.3) is 5.22 Å². The summed E-state index contributed by atoms with van der Waals surface area (Å²) >= 11 is 1.70. The van der Waals surface area contributed by atoms with Crippen LogP contribution in [0.25, 0.3) is 11.1 Å². The van der Waals surface area contributed by atoms with Gasteiger partial charge in [-0.1, -0.05) is 69.8 Å². The first kappa shape index (κ1) is 22.9. The third-order valence-electron chi connectivity index (χ3n) is 6.56. The van der Waals surface area contributed by atoms with E-state index in [0.717, 1.165) is 53.4 Å². The minimum atomic E-state index is 0.0980. The SMILES string of the molecule is CC(C)c1cccc(C(C)C)c1NC(=O)C1CCC(CSc2nc3ccccc3o2)CC1. The lowest BCUT2D eigenvalue weighted by atomic mass is 9.82. The summed E-state index contributed by atoms with van der Waals surface area (Å²) in [5, 5.41) is 4.08. The molecule has 1 aliphatic carbocycles. The van der Waals surface area contributed by atoms with Crippen LogP contribution in [0.5, 0.6) is 0 Å². The van der Waals surface area contributed by atoms with Crippen LogP contribution in [0.4, 0.5) is 5.69 Å². The largest absolute Gasteiger partial charge is 0.431 e. The van der Waals surface area contributed by atoms with Crippen LogP contribution in [0, 0.1) is 11.8 Å². The van der Waals surface area contributed by atoms with Crippen molar-refractivity contribution in [3.63, 3.8) is 0 Å². The first-order chi connectivity index (χ1) is 15.4. The number of hydrogen-bond donors (Lipinski definition) is 1. The maximum Gasteiger partial charge on any atom is 0.256 e. The van der Waals surface area contributed by atoms with Crippen molar-refractivity contribution in [2.24, 2.45) is 11.8 Å². The molecule has 2 aromatic carbocycles. The number of aromatic nitrogens is 1. The Hall–Kier alpha value is -2.27. The van der Waals surface area contributed by atoms with Crippen molar-refractivity contribution in [3.8, 4) is 0 Å². The third-order valence-corrected chi connectivity index (χ3v) is 7.62. The molecule has 0 atom stereocenters. The zero-order valence-corrected chi connectivity index (χ0v) is 20.4. The van der Waals surface area contributed by atoms with E-state index < -0.39 is 0 Å². The fourth-order valence-corrected chi connectivity index (χ4v) is 5.64. The van der Waals surface area contributed by atoms with Gasteiger partial charge in [-0.3, -0.25) is 4.79 Å². The maximum atomic E-state index is 13.2. The van der Waals surface area contributed by atoms with Crippen molar-refractivity contribution >= 4 is 34.5 Å². The molecule has 1 fully saturated rings. The van der Waals surface area contributed by atoms with Crippen LogP contribution < -0.4 is 5.32 Å². The molecule has 1 aromatic heterocycles. The highest BCUT2D eigenvalue weighted by atomic mass is 32.2. The standard InChI is InChI=1S/C27H34N2O2S/c1-17(2)21-8-7-9-22(18(3)4)25(21)29-26(30)20-14-12-19(13-15-20)16-32-27-28-23-10-5-6-11-24(23)31-27/h5-11,17-20H,12-16H2,1-4H3,(H,29,30). The Kier molecular flexibility index (Phi) is 7.24. The first-order valence-corrected chi connectivity index (χ1v) is 12.8. The number of amides is 1. The van der Waals surface area contributed by atoms with Crippen molar-refractivity contribution in [2.45, 2.75) is 70.4 Å². The molecule has 1 amide bonds. The summed E-state index contributed by atoms with van der Waals surface area (Å²) in [4.78, 5) is 17.7. The normalized spacial score (nSPS) is 19.1. The van der Waals surface area contributed by atoms with Crippen LogP contribution in [0.3, 0.4) is 0 Å². The van der Waals surface area contributed by atoms with E-state index in [2.05, 4.69) is 56.2 Å². The topological polar surface area (TPSA) is 55.1 Å². The third kappa shape index (κ3) is 5.20. The molecular formula is C27H34N2O2S. The first-order valence-electron chi connectivity index (χ1n) is 11.8. The van der Waals surface area contributed by atoms with Gasteiger partial charge in [0.05, 0.1) is 0 Å². The lowest BCUT2D eigenvalue weighted by molar-refractivity contribution is -0.121. The number of rotatable bonds is 7. The number of anilines is 1. The number of para-hydroxylation sites is 3. The molecule has 3 aromatic rings. The number of hydrogen-bond acceptors (Lipinski definition) is 4. The summed E-state index contributed by atoms with van der Waals surface area (Å²) in [5.41, 5.74) is 5.26. The Morgan fingerprint density at radius 1 is 1.00 bits per heavy atom. The predicted octanol–water partition coefficient (Wildman–Crippen LogP) is 7.61. The average molecular weight is 451 g/mol. The molecule has 0 saturated heterocycles. The number of fused-ring (bicyclic) bond motifs is 1. The van der Waals surface area contributed by atoms with Crippen LogP contribution in [-0.2, 0) is 4.79 Å². The van der Waals surface area contributed by atoms with Crippen LogP contribution in [0.1, 0.15) is 76.3 Å². The van der Waals surface area contributed by atoms with E-state index >= 15 is 0 Å². The molecule has 0 aliphatic heterocycles. The summed E-state index contributed by atoms with van der Waals surface area (Å²) in [6, 6.07) is 14.3. The molecule has 4 rings (SSSR count). The second-order valence-electron chi connectivity index (χ2n) is 9.59. The van der Waals surface area contributed by atoms with Gasteiger partial charge in [-0.15, -0.1) is 0 Å². The Morgan fingerprint density at radius 3 is 2.28 bits per heavy atom. The number of carbonyl (C=O) groups is 1. The second-order valence-corrected chi connectivity index (χ2v) is 10.6. The van der Waals surface area contributed by atoms with Crippen LogP contribution >= 0.6 is 11.8 Å². The monoisotopic (exact) mass is 450 g/mol. The fraction of sp³-hybridized carbons (Fsp3) is 0.481.